The number of hydrogen-bond donors (Lipinski definition) is 2. The fraction of sp³-hybridized carbons (Fsp3) is 0.929. The molecule has 1 saturated heterocycles. The smallest absolute Gasteiger partial charge is 0.323 e. The minimum atomic E-state index is -0.749. The summed E-state index contributed by atoms with van der Waals surface area (Å²) in [4.78, 5) is 13.8. The first-order valence-corrected chi connectivity index (χ1v) is 7.29. The lowest BCUT2D eigenvalue weighted by Gasteiger charge is -2.26. The zero-order valence-corrected chi connectivity index (χ0v) is 11.9. The molecule has 4 nitrogen and oxygen atoms in total. The van der Waals surface area contributed by atoms with Crippen LogP contribution < -0.4 is 5.32 Å². The first-order valence-electron chi connectivity index (χ1n) is 7.29. The van der Waals surface area contributed by atoms with Crippen LogP contribution in [0.15, 0.2) is 0 Å². The van der Waals surface area contributed by atoms with Gasteiger partial charge in [-0.2, -0.15) is 0 Å². The number of likely N-dealkylation sites (tertiary alicyclic amines) is 1. The first kappa shape index (κ1) is 15.4. The molecule has 0 aromatic carbocycles. The van der Waals surface area contributed by atoms with Gasteiger partial charge in [-0.25, -0.2) is 0 Å². The second-order valence-electron chi connectivity index (χ2n) is 5.57. The van der Waals surface area contributed by atoms with Crippen LogP contribution in [0.4, 0.5) is 0 Å². The van der Waals surface area contributed by atoms with Crippen molar-refractivity contribution in [2.24, 2.45) is 0 Å². The first-order chi connectivity index (χ1) is 8.58. The maximum Gasteiger partial charge on any atom is 0.323 e. The lowest BCUT2D eigenvalue weighted by atomic mass is 9.94. The van der Waals surface area contributed by atoms with E-state index >= 15 is 0 Å². The Labute approximate surface area is 111 Å². The van der Waals surface area contributed by atoms with Crippen LogP contribution in [-0.4, -0.2) is 47.7 Å². The highest BCUT2D eigenvalue weighted by atomic mass is 16.4. The minimum Gasteiger partial charge on any atom is -0.480 e. The van der Waals surface area contributed by atoms with Gasteiger partial charge in [-0.05, 0) is 71.6 Å². The maximum absolute atomic E-state index is 11.3. The van der Waals surface area contributed by atoms with Gasteiger partial charge in [-0.1, -0.05) is 6.92 Å². The molecule has 1 rings (SSSR count). The van der Waals surface area contributed by atoms with Crippen molar-refractivity contribution in [1.29, 1.82) is 0 Å². The van der Waals surface area contributed by atoms with E-state index < -0.39 is 11.5 Å². The fourth-order valence-electron chi connectivity index (χ4n) is 2.49. The molecule has 1 aliphatic heterocycles. The van der Waals surface area contributed by atoms with Gasteiger partial charge in [0.2, 0.25) is 0 Å². The van der Waals surface area contributed by atoms with Crippen LogP contribution in [0.25, 0.3) is 0 Å². The second-order valence-corrected chi connectivity index (χ2v) is 5.57. The van der Waals surface area contributed by atoms with Crippen LogP contribution in [0.1, 0.15) is 52.4 Å². The molecule has 0 aromatic rings. The van der Waals surface area contributed by atoms with E-state index in [1.165, 1.54) is 25.9 Å². The minimum absolute atomic E-state index is 0.718. The summed E-state index contributed by atoms with van der Waals surface area (Å²) >= 11 is 0. The molecule has 1 unspecified atom stereocenters. The van der Waals surface area contributed by atoms with Crippen LogP contribution in [-0.2, 0) is 4.79 Å². The standard InChI is InChI=1S/C14H28N2O2/c1-3-9-15-14(2,13(17)18)8-4-5-10-16-11-6-7-12-16/h15H,3-12H2,1-2H3,(H,17,18). The number of carboxylic acids is 1. The van der Waals surface area contributed by atoms with Gasteiger partial charge in [0.25, 0.3) is 0 Å². The molecule has 0 aliphatic carbocycles. The molecule has 1 aliphatic rings. The Kier molecular flexibility index (Phi) is 6.65. The van der Waals surface area contributed by atoms with Crippen LogP contribution >= 0.6 is 0 Å². The van der Waals surface area contributed by atoms with Gasteiger partial charge in [0.1, 0.15) is 5.54 Å². The molecule has 0 aromatic heterocycles. The number of rotatable bonds is 9. The molecule has 0 bridgehead atoms. The van der Waals surface area contributed by atoms with Crippen molar-refractivity contribution in [3.63, 3.8) is 0 Å². The summed E-state index contributed by atoms with van der Waals surface area (Å²) in [6, 6.07) is 0. The molecule has 106 valence electrons. The van der Waals surface area contributed by atoms with E-state index in [-0.39, 0.29) is 0 Å². The monoisotopic (exact) mass is 256 g/mol. The van der Waals surface area contributed by atoms with Crippen LogP contribution in [0, 0.1) is 0 Å². The van der Waals surface area contributed by atoms with Crippen molar-refractivity contribution in [3.8, 4) is 0 Å². The topological polar surface area (TPSA) is 52.6 Å². The van der Waals surface area contributed by atoms with Crippen molar-refractivity contribution < 1.29 is 9.90 Å². The van der Waals surface area contributed by atoms with Crippen molar-refractivity contribution in [2.45, 2.75) is 57.9 Å². The van der Waals surface area contributed by atoms with E-state index in [2.05, 4.69) is 17.1 Å². The van der Waals surface area contributed by atoms with Crippen molar-refractivity contribution in [3.05, 3.63) is 0 Å². The summed E-state index contributed by atoms with van der Waals surface area (Å²) < 4.78 is 0. The highest BCUT2D eigenvalue weighted by molar-refractivity contribution is 5.78. The van der Waals surface area contributed by atoms with E-state index in [0.29, 0.717) is 0 Å². The maximum atomic E-state index is 11.3. The second kappa shape index (κ2) is 7.74. The number of aliphatic carboxylic acids is 1. The molecule has 2 N–H and O–H groups in total. The number of nitrogens with zero attached hydrogens (tertiary/aromatic N) is 1. The summed E-state index contributed by atoms with van der Waals surface area (Å²) in [5, 5.41) is 12.5. The number of nitrogens with one attached hydrogen (secondary N) is 1. The molecule has 18 heavy (non-hydrogen) atoms. The Morgan fingerprint density at radius 3 is 2.56 bits per heavy atom. The van der Waals surface area contributed by atoms with Gasteiger partial charge >= 0.3 is 5.97 Å². The van der Waals surface area contributed by atoms with Crippen molar-refractivity contribution in [1.82, 2.24) is 10.2 Å². The Bertz CT molecular complexity index is 252. The SMILES string of the molecule is CCCNC(C)(CCCCN1CCCC1)C(=O)O. The predicted octanol–water partition coefficient (Wildman–Crippen LogP) is 2.10. The summed E-state index contributed by atoms with van der Waals surface area (Å²) in [5.41, 5.74) is -0.749. The summed E-state index contributed by atoms with van der Waals surface area (Å²) in [7, 11) is 0. The molecule has 1 fully saturated rings. The third-order valence-corrected chi connectivity index (χ3v) is 3.84. The third-order valence-electron chi connectivity index (χ3n) is 3.84. The zero-order valence-electron chi connectivity index (χ0n) is 11.9. The van der Waals surface area contributed by atoms with Crippen LogP contribution in [0.2, 0.25) is 0 Å². The van der Waals surface area contributed by atoms with Gasteiger partial charge in [0.15, 0.2) is 0 Å². The average molecular weight is 256 g/mol. The Morgan fingerprint density at radius 1 is 1.33 bits per heavy atom. The summed E-state index contributed by atoms with van der Waals surface area (Å²) in [6.45, 7) is 8.22. The molecular weight excluding hydrogens is 228 g/mol. The average Bonchev–Trinajstić information content (AvgIpc) is 2.85. The molecule has 0 spiro atoms. The van der Waals surface area contributed by atoms with Crippen LogP contribution in [0.5, 0.6) is 0 Å². The molecule has 0 radical (unpaired) electrons. The van der Waals surface area contributed by atoms with Gasteiger partial charge in [-0.15, -0.1) is 0 Å². The molecule has 1 atom stereocenters. The zero-order chi connectivity index (χ0) is 13.4. The molecule has 1 heterocycles. The number of carboxylic acid groups (broad SMARTS) is 1. The van der Waals surface area contributed by atoms with E-state index in [4.69, 9.17) is 0 Å². The van der Waals surface area contributed by atoms with Crippen LogP contribution in [0.3, 0.4) is 0 Å². The number of unbranched alkanes of at least 4 members (excludes halogenated alkanes) is 1. The van der Waals surface area contributed by atoms with E-state index in [9.17, 15) is 9.90 Å². The molecular formula is C14H28N2O2. The third kappa shape index (κ3) is 4.94. The van der Waals surface area contributed by atoms with Crippen molar-refractivity contribution >= 4 is 5.97 Å². The Hall–Kier alpha value is -0.610. The highest BCUT2D eigenvalue weighted by Gasteiger charge is 2.31. The lowest BCUT2D eigenvalue weighted by molar-refractivity contribution is -0.144. The van der Waals surface area contributed by atoms with E-state index in [1.807, 2.05) is 0 Å². The fourth-order valence-corrected chi connectivity index (χ4v) is 2.49. The van der Waals surface area contributed by atoms with Gasteiger partial charge < -0.3 is 15.3 Å². The normalized spacial score (nSPS) is 19.9. The molecule has 4 heteroatoms. The van der Waals surface area contributed by atoms with E-state index in [0.717, 1.165) is 38.8 Å². The number of hydrogen-bond acceptors (Lipinski definition) is 3. The van der Waals surface area contributed by atoms with Gasteiger partial charge in [0.05, 0.1) is 0 Å². The summed E-state index contributed by atoms with van der Waals surface area (Å²) in [5.74, 6) is -0.725. The van der Waals surface area contributed by atoms with Crippen molar-refractivity contribution in [2.75, 3.05) is 26.2 Å². The Balaban J connectivity index is 2.21. The molecule has 0 amide bonds. The largest absolute Gasteiger partial charge is 0.480 e. The van der Waals surface area contributed by atoms with Gasteiger partial charge in [0, 0.05) is 0 Å². The number of carbonyl (C=O) groups is 1. The highest BCUT2D eigenvalue weighted by Crippen LogP contribution is 2.16. The Morgan fingerprint density at radius 2 is 2.00 bits per heavy atom. The summed E-state index contributed by atoms with van der Waals surface area (Å²) in [6.07, 6.45) is 6.43. The van der Waals surface area contributed by atoms with E-state index in [1.54, 1.807) is 6.92 Å². The van der Waals surface area contributed by atoms with Gasteiger partial charge in [-0.3, -0.25) is 4.79 Å². The predicted molar refractivity (Wildman–Crippen MR) is 73.9 cm³/mol. The lowest BCUT2D eigenvalue weighted by Crippen LogP contribution is -2.49. The molecule has 0 saturated carbocycles. The quantitative estimate of drug-likeness (QED) is 0.620.